The summed E-state index contributed by atoms with van der Waals surface area (Å²) in [4.78, 5) is 23.7. The first kappa shape index (κ1) is 17.7. The summed E-state index contributed by atoms with van der Waals surface area (Å²) in [7, 11) is 0. The summed E-state index contributed by atoms with van der Waals surface area (Å²) in [5.41, 5.74) is 1.57. The maximum atomic E-state index is 13.0. The lowest BCUT2D eigenvalue weighted by Crippen LogP contribution is -2.51. The molecule has 9 heteroatoms. The second-order valence-corrected chi connectivity index (χ2v) is 7.16. The molecule has 0 aliphatic carbocycles. The maximum Gasteiger partial charge on any atom is 0.291 e. The summed E-state index contributed by atoms with van der Waals surface area (Å²) in [6, 6.07) is 7.42. The Balaban J connectivity index is 1.75. The molecule has 4 rings (SSSR count). The van der Waals surface area contributed by atoms with Crippen molar-refractivity contribution in [2.24, 2.45) is 0 Å². The molecule has 1 aromatic carbocycles. The molecule has 1 saturated heterocycles. The van der Waals surface area contributed by atoms with Crippen LogP contribution >= 0.6 is 11.6 Å². The van der Waals surface area contributed by atoms with Crippen LogP contribution in [0.2, 0.25) is 5.02 Å². The van der Waals surface area contributed by atoms with Crippen molar-refractivity contribution in [2.75, 3.05) is 25.0 Å². The number of rotatable bonds is 3. The van der Waals surface area contributed by atoms with Gasteiger partial charge in [0.1, 0.15) is 5.82 Å². The highest BCUT2D eigenvalue weighted by Gasteiger charge is 2.25. The van der Waals surface area contributed by atoms with Crippen molar-refractivity contribution in [2.45, 2.75) is 19.9 Å². The van der Waals surface area contributed by atoms with Crippen molar-refractivity contribution < 1.29 is 4.79 Å². The Morgan fingerprint density at radius 2 is 2.19 bits per heavy atom. The molecule has 0 bridgehead atoms. The van der Waals surface area contributed by atoms with E-state index in [4.69, 9.17) is 11.6 Å². The molecule has 27 heavy (non-hydrogen) atoms. The third-order valence-electron chi connectivity index (χ3n) is 4.46. The Morgan fingerprint density at radius 3 is 2.93 bits per heavy atom. The van der Waals surface area contributed by atoms with Crippen LogP contribution in [0.15, 0.2) is 24.3 Å². The molecule has 140 valence electrons. The van der Waals surface area contributed by atoms with Gasteiger partial charge in [0, 0.05) is 47.8 Å². The molecule has 8 nitrogen and oxygen atoms in total. The molecule has 2 aromatic heterocycles. The molecule has 0 radical (unpaired) electrons. The third kappa shape index (κ3) is 3.72. The number of nitrogens with zero attached hydrogens (tertiary/aromatic N) is 4. The van der Waals surface area contributed by atoms with Gasteiger partial charge in [0.25, 0.3) is 5.91 Å². The van der Waals surface area contributed by atoms with Crippen LogP contribution in [0.25, 0.3) is 10.9 Å². The minimum Gasteiger partial charge on any atom is -0.333 e. The smallest absolute Gasteiger partial charge is 0.291 e. The van der Waals surface area contributed by atoms with E-state index in [-0.39, 0.29) is 17.8 Å². The molecule has 1 atom stereocenters. The molecule has 1 amide bonds. The number of halogens is 1. The van der Waals surface area contributed by atoms with E-state index >= 15 is 0 Å². The molecule has 3 aromatic rings. The van der Waals surface area contributed by atoms with E-state index in [1.807, 2.05) is 13.0 Å². The third-order valence-corrected chi connectivity index (χ3v) is 4.69. The summed E-state index contributed by atoms with van der Waals surface area (Å²) >= 11 is 6.15. The zero-order valence-electron chi connectivity index (χ0n) is 15.1. The lowest BCUT2D eigenvalue weighted by Gasteiger charge is -2.31. The van der Waals surface area contributed by atoms with Crippen molar-refractivity contribution in [3.05, 3.63) is 40.8 Å². The van der Waals surface area contributed by atoms with Crippen LogP contribution < -0.4 is 10.6 Å². The summed E-state index contributed by atoms with van der Waals surface area (Å²) in [5, 5.41) is 14.9. The van der Waals surface area contributed by atoms with Gasteiger partial charge in [0.15, 0.2) is 5.82 Å². The van der Waals surface area contributed by atoms with Gasteiger partial charge < -0.3 is 15.5 Å². The van der Waals surface area contributed by atoms with Gasteiger partial charge in [-0.3, -0.25) is 9.89 Å². The monoisotopic (exact) mass is 385 g/mol. The van der Waals surface area contributed by atoms with E-state index in [0.717, 1.165) is 17.6 Å². The second-order valence-electron chi connectivity index (χ2n) is 6.72. The number of fused-ring (bicyclic) bond motifs is 1. The lowest BCUT2D eigenvalue weighted by atomic mass is 10.2. The van der Waals surface area contributed by atoms with Crippen LogP contribution in [-0.2, 0) is 0 Å². The van der Waals surface area contributed by atoms with Gasteiger partial charge in [-0.25, -0.2) is 9.97 Å². The number of benzene rings is 1. The van der Waals surface area contributed by atoms with E-state index in [1.165, 1.54) is 0 Å². The van der Waals surface area contributed by atoms with Crippen LogP contribution in [0.1, 0.15) is 23.2 Å². The van der Waals surface area contributed by atoms with E-state index in [0.29, 0.717) is 35.3 Å². The topological polar surface area (TPSA) is 98.8 Å². The Kier molecular flexibility index (Phi) is 4.67. The van der Waals surface area contributed by atoms with Gasteiger partial charge in [-0.2, -0.15) is 5.10 Å². The van der Waals surface area contributed by atoms with E-state index in [1.54, 1.807) is 23.1 Å². The number of amides is 1. The fraction of sp³-hybridized carbons (Fsp3) is 0.333. The number of aromatic amines is 1. The number of H-pyrrole nitrogens is 1. The lowest BCUT2D eigenvalue weighted by molar-refractivity contribution is 0.0697. The van der Waals surface area contributed by atoms with Gasteiger partial charge in [-0.1, -0.05) is 11.6 Å². The van der Waals surface area contributed by atoms with Crippen LogP contribution in [0.4, 0.5) is 11.6 Å². The van der Waals surface area contributed by atoms with Crippen LogP contribution in [0.3, 0.4) is 0 Å². The number of hydrogen-bond acceptors (Lipinski definition) is 6. The van der Waals surface area contributed by atoms with Gasteiger partial charge in [0.05, 0.1) is 5.52 Å². The van der Waals surface area contributed by atoms with Gasteiger partial charge >= 0.3 is 0 Å². The number of carbonyl (C=O) groups is 1. The highest BCUT2D eigenvalue weighted by atomic mass is 35.5. The minimum absolute atomic E-state index is 0.161. The first-order valence-corrected chi connectivity index (χ1v) is 9.16. The van der Waals surface area contributed by atoms with E-state index in [9.17, 15) is 4.79 Å². The fourth-order valence-electron chi connectivity index (χ4n) is 3.15. The van der Waals surface area contributed by atoms with Crippen molar-refractivity contribution >= 4 is 40.0 Å². The van der Waals surface area contributed by atoms with Crippen molar-refractivity contribution in [1.82, 2.24) is 30.4 Å². The Morgan fingerprint density at radius 1 is 1.33 bits per heavy atom. The predicted octanol–water partition coefficient (Wildman–Crippen LogP) is 2.49. The predicted molar refractivity (Wildman–Crippen MR) is 105 cm³/mol. The molecule has 3 heterocycles. The van der Waals surface area contributed by atoms with Crippen LogP contribution in [0, 0.1) is 6.92 Å². The molecule has 0 saturated carbocycles. The van der Waals surface area contributed by atoms with E-state index < -0.39 is 0 Å². The second kappa shape index (κ2) is 7.13. The molecule has 1 fully saturated rings. The highest BCUT2D eigenvalue weighted by molar-refractivity contribution is 6.31. The average Bonchev–Trinajstić information content (AvgIpc) is 3.06. The van der Waals surface area contributed by atoms with Crippen molar-refractivity contribution in [1.29, 1.82) is 0 Å². The SMILES string of the molecule is Cc1cc(Nc2nc(C(=O)N3CCN[C@@H](C)C3)nc3ccc(Cl)cc23)n[nH]1. The molecule has 1 aliphatic heterocycles. The van der Waals surface area contributed by atoms with E-state index in [2.05, 4.69) is 37.7 Å². The Labute approximate surface area is 161 Å². The first-order chi connectivity index (χ1) is 13.0. The summed E-state index contributed by atoms with van der Waals surface area (Å²) in [6.45, 7) is 5.98. The average molecular weight is 386 g/mol. The van der Waals surface area contributed by atoms with Gasteiger partial charge in [-0.15, -0.1) is 0 Å². The number of hydrogen-bond donors (Lipinski definition) is 3. The molecule has 0 spiro atoms. The summed E-state index contributed by atoms with van der Waals surface area (Å²) in [6.07, 6.45) is 0. The molecule has 1 aliphatic rings. The summed E-state index contributed by atoms with van der Waals surface area (Å²) in [5.74, 6) is 1.09. The van der Waals surface area contributed by atoms with Crippen molar-refractivity contribution in [3.63, 3.8) is 0 Å². The molecular weight excluding hydrogens is 366 g/mol. The highest BCUT2D eigenvalue weighted by Crippen LogP contribution is 2.26. The fourth-order valence-corrected chi connectivity index (χ4v) is 3.33. The van der Waals surface area contributed by atoms with Crippen LogP contribution in [-0.4, -0.2) is 56.6 Å². The maximum absolute atomic E-state index is 13.0. The molecular formula is C18H20ClN7O. The number of carbonyl (C=O) groups excluding carboxylic acids is 1. The van der Waals surface area contributed by atoms with Crippen LogP contribution in [0.5, 0.6) is 0 Å². The Bertz CT molecular complexity index is 1000. The number of piperazine rings is 1. The van der Waals surface area contributed by atoms with Gasteiger partial charge in [-0.05, 0) is 32.0 Å². The first-order valence-electron chi connectivity index (χ1n) is 8.78. The number of anilines is 2. The summed E-state index contributed by atoms with van der Waals surface area (Å²) < 4.78 is 0. The zero-order chi connectivity index (χ0) is 19.0. The normalized spacial score (nSPS) is 17.3. The standard InChI is InChI=1S/C18H20ClN7O/c1-10-7-15(25-24-10)22-16-13-8-12(19)3-4-14(13)21-17(23-16)18(27)26-6-5-20-11(2)9-26/h3-4,7-8,11,20H,5-6,9H2,1-2H3,(H2,21,22,23,24,25)/t11-/m0/s1. The zero-order valence-corrected chi connectivity index (χ0v) is 15.8. The number of nitrogens with one attached hydrogen (secondary N) is 3. The minimum atomic E-state index is -0.179. The number of aryl methyl sites for hydroxylation is 1. The number of aromatic nitrogens is 4. The Hall–Kier alpha value is -2.71. The van der Waals surface area contributed by atoms with Crippen molar-refractivity contribution in [3.8, 4) is 0 Å². The quantitative estimate of drug-likeness (QED) is 0.640. The van der Waals surface area contributed by atoms with Gasteiger partial charge in [0.2, 0.25) is 5.82 Å². The molecule has 0 unspecified atom stereocenters. The molecule has 3 N–H and O–H groups in total. The largest absolute Gasteiger partial charge is 0.333 e.